The van der Waals surface area contributed by atoms with Crippen molar-refractivity contribution in [3.05, 3.63) is 29.7 Å². The summed E-state index contributed by atoms with van der Waals surface area (Å²) >= 11 is 0. The molecule has 1 aromatic rings. The second kappa shape index (κ2) is 1.65. The third-order valence-electron chi connectivity index (χ3n) is 1.46. The first kappa shape index (κ1) is 4.68. The van der Waals surface area contributed by atoms with Gasteiger partial charge in [0.05, 0.1) is 6.20 Å². The molecule has 0 atom stereocenters. The Bertz CT molecular complexity index is 235. The van der Waals surface area contributed by atoms with Crippen LogP contribution in [0.1, 0.15) is 11.3 Å². The predicted molar refractivity (Wildman–Crippen MR) is 35.5 cm³/mol. The number of hydrogen-bond acceptors (Lipinski definition) is 1. The highest BCUT2D eigenvalue weighted by Gasteiger charge is 2.01. The summed E-state index contributed by atoms with van der Waals surface area (Å²) in [4.78, 5) is 3.01. The van der Waals surface area contributed by atoms with E-state index >= 15 is 0 Å². The van der Waals surface area contributed by atoms with Gasteiger partial charge in [-0.25, -0.2) is 0 Å². The third kappa shape index (κ3) is 0.633. The SMILES string of the molecule is [c]1cc2c([nH]1)C=CNC2. The lowest BCUT2D eigenvalue weighted by molar-refractivity contribution is 0.859. The fourth-order valence-electron chi connectivity index (χ4n) is 0.965. The van der Waals surface area contributed by atoms with Gasteiger partial charge in [-0.15, -0.1) is 0 Å². The normalized spacial score (nSPS) is 14.7. The first-order valence-corrected chi connectivity index (χ1v) is 2.95. The van der Waals surface area contributed by atoms with Crippen molar-refractivity contribution in [2.75, 3.05) is 0 Å². The maximum atomic E-state index is 3.11. The minimum Gasteiger partial charge on any atom is -0.387 e. The molecule has 2 rings (SSSR count). The number of H-pyrrole nitrogens is 1. The number of nitrogens with one attached hydrogen (secondary N) is 2. The highest BCUT2D eigenvalue weighted by molar-refractivity contribution is 5.51. The Labute approximate surface area is 53.6 Å². The van der Waals surface area contributed by atoms with Crippen LogP contribution in [0.2, 0.25) is 0 Å². The van der Waals surface area contributed by atoms with Gasteiger partial charge in [0.2, 0.25) is 0 Å². The van der Waals surface area contributed by atoms with Crippen molar-refractivity contribution in [3.8, 4) is 0 Å². The molecule has 1 radical (unpaired) electrons. The lowest BCUT2D eigenvalue weighted by atomic mass is 10.2. The van der Waals surface area contributed by atoms with Gasteiger partial charge in [0.15, 0.2) is 0 Å². The Morgan fingerprint density at radius 1 is 1.56 bits per heavy atom. The molecule has 0 amide bonds. The van der Waals surface area contributed by atoms with Crippen LogP contribution in [-0.4, -0.2) is 4.98 Å². The van der Waals surface area contributed by atoms with Crippen molar-refractivity contribution in [2.45, 2.75) is 6.54 Å². The molecule has 0 spiro atoms. The van der Waals surface area contributed by atoms with E-state index in [-0.39, 0.29) is 0 Å². The Hall–Kier alpha value is -1.18. The molecule has 0 saturated carbocycles. The highest BCUT2D eigenvalue weighted by atomic mass is 14.9. The zero-order valence-electron chi connectivity index (χ0n) is 4.94. The van der Waals surface area contributed by atoms with Crippen LogP contribution in [0.5, 0.6) is 0 Å². The lowest BCUT2D eigenvalue weighted by Gasteiger charge is -2.05. The van der Waals surface area contributed by atoms with Gasteiger partial charge in [0.1, 0.15) is 0 Å². The first-order valence-electron chi connectivity index (χ1n) is 2.95. The third-order valence-corrected chi connectivity index (χ3v) is 1.46. The summed E-state index contributed by atoms with van der Waals surface area (Å²) in [5.74, 6) is 0. The largest absolute Gasteiger partial charge is 0.387 e. The number of aromatic nitrogens is 1. The fraction of sp³-hybridized carbons (Fsp3) is 0.143. The molecular weight excluding hydrogens is 112 g/mol. The molecule has 0 bridgehead atoms. The summed E-state index contributed by atoms with van der Waals surface area (Å²) in [6.45, 7) is 0.922. The standard InChI is InChI=1S/C7H7N2/c1-4-9-7-2-3-8-5-6(1)7/h1-3,8-9H,5H2. The maximum Gasteiger partial charge on any atom is 0.0627 e. The quantitative estimate of drug-likeness (QED) is 0.521. The van der Waals surface area contributed by atoms with Gasteiger partial charge in [-0.3, -0.25) is 0 Å². The van der Waals surface area contributed by atoms with Crippen LogP contribution in [0.15, 0.2) is 12.3 Å². The van der Waals surface area contributed by atoms with Gasteiger partial charge in [-0.2, -0.15) is 0 Å². The fourth-order valence-corrected chi connectivity index (χ4v) is 0.965. The summed E-state index contributed by atoms with van der Waals surface area (Å²) in [5.41, 5.74) is 2.46. The number of rotatable bonds is 0. The Morgan fingerprint density at radius 3 is 3.44 bits per heavy atom. The number of fused-ring (bicyclic) bond motifs is 1. The summed E-state index contributed by atoms with van der Waals surface area (Å²) in [5, 5.41) is 3.11. The van der Waals surface area contributed by atoms with Crippen LogP contribution in [0.3, 0.4) is 0 Å². The molecule has 2 nitrogen and oxygen atoms in total. The van der Waals surface area contributed by atoms with E-state index < -0.39 is 0 Å². The minimum atomic E-state index is 0.922. The van der Waals surface area contributed by atoms with Gasteiger partial charge in [0, 0.05) is 12.2 Å². The van der Waals surface area contributed by atoms with Crippen LogP contribution >= 0.6 is 0 Å². The van der Waals surface area contributed by atoms with Crippen LogP contribution in [0.25, 0.3) is 6.08 Å². The van der Waals surface area contributed by atoms with Crippen LogP contribution in [0, 0.1) is 6.20 Å². The van der Waals surface area contributed by atoms with Gasteiger partial charge in [0.25, 0.3) is 0 Å². The predicted octanol–water partition coefficient (Wildman–Crippen LogP) is 0.889. The van der Waals surface area contributed by atoms with Gasteiger partial charge < -0.3 is 10.3 Å². The van der Waals surface area contributed by atoms with E-state index in [1.54, 1.807) is 0 Å². The van der Waals surface area contributed by atoms with Gasteiger partial charge in [-0.1, -0.05) is 0 Å². The number of hydrogen-bond donors (Lipinski definition) is 2. The molecule has 1 aliphatic rings. The van der Waals surface area contributed by atoms with E-state index in [1.807, 2.05) is 18.3 Å². The van der Waals surface area contributed by atoms with E-state index in [2.05, 4.69) is 16.5 Å². The Morgan fingerprint density at radius 2 is 2.56 bits per heavy atom. The zero-order chi connectivity index (χ0) is 6.10. The van der Waals surface area contributed by atoms with E-state index in [0.29, 0.717) is 0 Å². The molecule has 1 aliphatic heterocycles. The Kier molecular flexibility index (Phi) is 0.859. The van der Waals surface area contributed by atoms with Crippen molar-refractivity contribution in [1.82, 2.24) is 10.3 Å². The second-order valence-electron chi connectivity index (χ2n) is 2.07. The van der Waals surface area contributed by atoms with Crippen LogP contribution in [-0.2, 0) is 6.54 Å². The molecule has 0 unspecified atom stereocenters. The molecular formula is C7H7N2. The van der Waals surface area contributed by atoms with Crippen molar-refractivity contribution < 1.29 is 0 Å². The van der Waals surface area contributed by atoms with E-state index in [9.17, 15) is 0 Å². The monoisotopic (exact) mass is 119 g/mol. The van der Waals surface area contributed by atoms with E-state index in [1.165, 1.54) is 11.3 Å². The smallest absolute Gasteiger partial charge is 0.0627 e. The summed E-state index contributed by atoms with van der Waals surface area (Å²) < 4.78 is 0. The molecule has 9 heavy (non-hydrogen) atoms. The van der Waals surface area contributed by atoms with E-state index in [4.69, 9.17) is 0 Å². The number of aromatic amines is 1. The van der Waals surface area contributed by atoms with Gasteiger partial charge >= 0.3 is 0 Å². The molecule has 2 heteroatoms. The van der Waals surface area contributed by atoms with Crippen LogP contribution < -0.4 is 5.32 Å². The zero-order valence-corrected chi connectivity index (χ0v) is 4.94. The van der Waals surface area contributed by atoms with Crippen molar-refractivity contribution in [2.24, 2.45) is 0 Å². The summed E-state index contributed by atoms with van der Waals surface area (Å²) in [6, 6.07) is 1.96. The van der Waals surface area contributed by atoms with Crippen molar-refractivity contribution in [3.63, 3.8) is 0 Å². The molecule has 0 fully saturated rings. The highest BCUT2D eigenvalue weighted by Crippen LogP contribution is 2.10. The lowest BCUT2D eigenvalue weighted by Crippen LogP contribution is -2.08. The minimum absolute atomic E-state index is 0.922. The molecule has 2 N–H and O–H groups in total. The average molecular weight is 119 g/mol. The molecule has 0 aliphatic carbocycles. The molecule has 0 aromatic carbocycles. The topological polar surface area (TPSA) is 27.8 Å². The second-order valence-corrected chi connectivity index (χ2v) is 2.07. The molecule has 0 saturated heterocycles. The molecule has 45 valence electrons. The molecule has 2 heterocycles. The molecule has 1 aromatic heterocycles. The van der Waals surface area contributed by atoms with E-state index in [0.717, 1.165) is 6.54 Å². The van der Waals surface area contributed by atoms with Crippen molar-refractivity contribution >= 4 is 6.08 Å². The van der Waals surface area contributed by atoms with Crippen LogP contribution in [0.4, 0.5) is 0 Å². The maximum absolute atomic E-state index is 3.11. The average Bonchev–Trinajstić information content (AvgIpc) is 2.33. The van der Waals surface area contributed by atoms with Gasteiger partial charge in [-0.05, 0) is 23.9 Å². The first-order chi connectivity index (χ1) is 4.47. The summed E-state index contributed by atoms with van der Waals surface area (Å²) in [6.07, 6.45) is 6.87. The van der Waals surface area contributed by atoms with Crippen molar-refractivity contribution in [1.29, 1.82) is 0 Å². The summed E-state index contributed by atoms with van der Waals surface area (Å²) in [7, 11) is 0. The Balaban J connectivity index is 2.53.